The molecule has 1 saturated carbocycles. The first-order valence-electron chi connectivity index (χ1n) is 5.48. The van der Waals surface area contributed by atoms with E-state index in [1.165, 1.54) is 13.8 Å². The van der Waals surface area contributed by atoms with E-state index in [9.17, 15) is 14.7 Å². The Balaban J connectivity index is 2.71. The molecule has 0 heterocycles. The molecule has 0 amide bonds. The smallest absolute Gasteiger partial charge is 0.333 e. The molecule has 3 atom stereocenters. The van der Waals surface area contributed by atoms with E-state index in [0.29, 0.717) is 6.42 Å². The fourth-order valence-corrected chi connectivity index (χ4v) is 2.01. The normalized spacial score (nSPS) is 26.2. The maximum absolute atomic E-state index is 11.4. The van der Waals surface area contributed by atoms with Crippen molar-refractivity contribution in [2.75, 3.05) is 0 Å². The number of ether oxygens (including phenoxy) is 1. The van der Waals surface area contributed by atoms with Crippen molar-refractivity contribution in [3.05, 3.63) is 12.2 Å². The Morgan fingerprint density at radius 1 is 1.38 bits per heavy atom. The van der Waals surface area contributed by atoms with Gasteiger partial charge >= 0.3 is 5.97 Å². The maximum Gasteiger partial charge on any atom is 0.333 e. The largest absolute Gasteiger partial charge is 0.451 e. The third kappa shape index (κ3) is 2.92. The third-order valence-corrected chi connectivity index (χ3v) is 2.90. The van der Waals surface area contributed by atoms with Crippen molar-refractivity contribution in [1.82, 2.24) is 0 Å². The van der Waals surface area contributed by atoms with Crippen LogP contribution in [0.15, 0.2) is 12.2 Å². The second-order valence-corrected chi connectivity index (χ2v) is 4.38. The number of hydrogen-bond acceptors (Lipinski definition) is 4. The highest BCUT2D eigenvalue weighted by atomic mass is 16.5. The van der Waals surface area contributed by atoms with Crippen molar-refractivity contribution in [1.29, 1.82) is 0 Å². The number of rotatable bonds is 4. The molecule has 1 N–H and O–H groups in total. The van der Waals surface area contributed by atoms with Gasteiger partial charge in [0, 0.05) is 11.5 Å². The fraction of sp³-hybridized carbons (Fsp3) is 0.667. The van der Waals surface area contributed by atoms with Crippen LogP contribution in [-0.2, 0) is 14.3 Å². The number of esters is 1. The van der Waals surface area contributed by atoms with Gasteiger partial charge in [0.15, 0.2) is 11.9 Å². The Labute approximate surface area is 95.3 Å². The van der Waals surface area contributed by atoms with Gasteiger partial charge in [-0.25, -0.2) is 4.79 Å². The molecule has 4 nitrogen and oxygen atoms in total. The summed E-state index contributed by atoms with van der Waals surface area (Å²) in [6, 6.07) is 0. The Morgan fingerprint density at radius 3 is 2.38 bits per heavy atom. The van der Waals surface area contributed by atoms with Crippen molar-refractivity contribution < 1.29 is 19.4 Å². The average Bonchev–Trinajstić information content (AvgIpc) is 2.59. The van der Waals surface area contributed by atoms with Gasteiger partial charge in [0.1, 0.15) is 0 Å². The number of carbonyl (C=O) groups is 2. The molecule has 1 fully saturated rings. The van der Waals surface area contributed by atoms with Gasteiger partial charge in [-0.1, -0.05) is 13.0 Å². The van der Waals surface area contributed by atoms with Crippen molar-refractivity contribution in [2.24, 2.45) is 5.92 Å². The number of hydrogen-bond donors (Lipinski definition) is 1. The second kappa shape index (κ2) is 5.25. The fourth-order valence-electron chi connectivity index (χ4n) is 2.01. The summed E-state index contributed by atoms with van der Waals surface area (Å²) in [6.45, 7) is 6.37. The Bertz CT molecular complexity index is 308. The van der Waals surface area contributed by atoms with Crippen molar-refractivity contribution in [3.63, 3.8) is 0 Å². The minimum Gasteiger partial charge on any atom is -0.451 e. The second-order valence-electron chi connectivity index (χ2n) is 4.38. The molecule has 0 aliphatic heterocycles. The quantitative estimate of drug-likeness (QED) is 0.578. The lowest BCUT2D eigenvalue weighted by Crippen LogP contribution is -2.37. The first-order valence-corrected chi connectivity index (χ1v) is 5.48. The highest BCUT2D eigenvalue weighted by molar-refractivity contribution is 5.90. The highest BCUT2D eigenvalue weighted by Gasteiger charge is 2.37. The van der Waals surface area contributed by atoms with Crippen LogP contribution in [0.4, 0.5) is 0 Å². The molecule has 0 bridgehead atoms. The predicted octanol–water partition coefficient (Wildman–Crippen LogP) is 1.22. The molecule has 0 aromatic carbocycles. The molecule has 0 aromatic rings. The molecule has 90 valence electrons. The van der Waals surface area contributed by atoms with E-state index in [2.05, 4.69) is 6.58 Å². The minimum atomic E-state index is -0.832. The van der Waals surface area contributed by atoms with E-state index >= 15 is 0 Å². The minimum absolute atomic E-state index is 0.222. The third-order valence-electron chi connectivity index (χ3n) is 2.90. The summed E-state index contributed by atoms with van der Waals surface area (Å²) in [5, 5.41) is 9.69. The topological polar surface area (TPSA) is 63.6 Å². The monoisotopic (exact) mass is 226 g/mol. The van der Waals surface area contributed by atoms with E-state index < -0.39 is 18.2 Å². The SMILES string of the molecule is C=C(C)C(=O)OC(C(C)=O)C1CCCC1O. The number of Topliss-reactive ketones (excluding diaryl/α,β-unsaturated/α-hetero) is 1. The molecular formula is C12H18O4. The standard InChI is InChI=1S/C12H18O4/c1-7(2)12(15)16-11(8(3)13)9-5-4-6-10(9)14/h9-11,14H,1,4-6H2,2-3H3. The molecule has 0 saturated heterocycles. The van der Waals surface area contributed by atoms with Crippen LogP contribution in [-0.4, -0.2) is 29.1 Å². The van der Waals surface area contributed by atoms with Crippen LogP contribution in [0.3, 0.4) is 0 Å². The van der Waals surface area contributed by atoms with Gasteiger partial charge in [-0.2, -0.15) is 0 Å². The molecule has 0 radical (unpaired) electrons. The zero-order valence-corrected chi connectivity index (χ0v) is 9.73. The van der Waals surface area contributed by atoms with Crippen molar-refractivity contribution in [2.45, 2.75) is 45.3 Å². The van der Waals surface area contributed by atoms with Crippen LogP contribution in [0.25, 0.3) is 0 Å². The zero-order valence-electron chi connectivity index (χ0n) is 9.73. The number of ketones is 1. The Hall–Kier alpha value is -1.16. The van der Waals surface area contributed by atoms with Crippen molar-refractivity contribution >= 4 is 11.8 Å². The van der Waals surface area contributed by atoms with Crippen LogP contribution in [0.5, 0.6) is 0 Å². The number of aliphatic hydroxyl groups excluding tert-OH is 1. The van der Waals surface area contributed by atoms with Gasteiger partial charge in [0.2, 0.25) is 0 Å². The van der Waals surface area contributed by atoms with Gasteiger partial charge in [0.05, 0.1) is 6.10 Å². The summed E-state index contributed by atoms with van der Waals surface area (Å²) in [4.78, 5) is 22.8. The van der Waals surface area contributed by atoms with Crippen LogP contribution in [0.1, 0.15) is 33.1 Å². The molecule has 1 aliphatic rings. The summed E-state index contributed by atoms with van der Waals surface area (Å²) >= 11 is 0. The molecule has 1 rings (SSSR count). The number of carbonyl (C=O) groups excluding carboxylic acids is 2. The summed E-state index contributed by atoms with van der Waals surface area (Å²) in [5.74, 6) is -1.05. The lowest BCUT2D eigenvalue weighted by Gasteiger charge is -2.23. The zero-order chi connectivity index (χ0) is 12.3. The molecule has 4 heteroatoms. The summed E-state index contributed by atoms with van der Waals surface area (Å²) < 4.78 is 5.08. The van der Waals surface area contributed by atoms with E-state index in [0.717, 1.165) is 12.8 Å². The van der Waals surface area contributed by atoms with Gasteiger partial charge in [0.25, 0.3) is 0 Å². The van der Waals surface area contributed by atoms with Gasteiger partial charge < -0.3 is 9.84 Å². The first kappa shape index (κ1) is 12.9. The Kier molecular flexibility index (Phi) is 4.24. The summed E-state index contributed by atoms with van der Waals surface area (Å²) in [5.41, 5.74) is 0.263. The van der Waals surface area contributed by atoms with Crippen LogP contribution < -0.4 is 0 Å². The first-order chi connectivity index (χ1) is 7.43. The van der Waals surface area contributed by atoms with E-state index in [1.807, 2.05) is 0 Å². The molecule has 16 heavy (non-hydrogen) atoms. The molecule has 1 aliphatic carbocycles. The van der Waals surface area contributed by atoms with Gasteiger partial charge in [-0.15, -0.1) is 0 Å². The molecule has 3 unspecified atom stereocenters. The summed E-state index contributed by atoms with van der Waals surface area (Å²) in [7, 11) is 0. The maximum atomic E-state index is 11.4. The summed E-state index contributed by atoms with van der Waals surface area (Å²) in [6.07, 6.45) is 0.863. The van der Waals surface area contributed by atoms with Crippen LogP contribution in [0, 0.1) is 5.92 Å². The van der Waals surface area contributed by atoms with E-state index in [1.54, 1.807) is 0 Å². The highest BCUT2D eigenvalue weighted by Crippen LogP contribution is 2.30. The molecular weight excluding hydrogens is 208 g/mol. The Morgan fingerprint density at radius 2 is 2.00 bits per heavy atom. The number of aliphatic hydroxyl groups is 1. The average molecular weight is 226 g/mol. The molecule has 0 aromatic heterocycles. The van der Waals surface area contributed by atoms with Crippen LogP contribution in [0.2, 0.25) is 0 Å². The predicted molar refractivity (Wildman–Crippen MR) is 58.7 cm³/mol. The lowest BCUT2D eigenvalue weighted by molar-refractivity contribution is -0.156. The van der Waals surface area contributed by atoms with Gasteiger partial charge in [-0.05, 0) is 26.7 Å². The van der Waals surface area contributed by atoms with Crippen LogP contribution >= 0.6 is 0 Å². The lowest BCUT2D eigenvalue weighted by atomic mass is 9.96. The van der Waals surface area contributed by atoms with E-state index in [-0.39, 0.29) is 17.3 Å². The molecule has 0 spiro atoms. The van der Waals surface area contributed by atoms with Gasteiger partial charge in [-0.3, -0.25) is 4.79 Å². The van der Waals surface area contributed by atoms with Crippen molar-refractivity contribution in [3.8, 4) is 0 Å². The van der Waals surface area contributed by atoms with E-state index in [4.69, 9.17) is 4.74 Å².